The van der Waals surface area contributed by atoms with Gasteiger partial charge < -0.3 is 9.80 Å². The van der Waals surface area contributed by atoms with Crippen LogP contribution in [0.2, 0.25) is 0 Å². The molecular weight excluding hydrogens is 302 g/mol. The molecule has 1 unspecified atom stereocenters. The van der Waals surface area contributed by atoms with Gasteiger partial charge in [-0.05, 0) is 48.4 Å². The van der Waals surface area contributed by atoms with E-state index in [1.54, 1.807) is 50.8 Å². The average Bonchev–Trinajstić information content (AvgIpc) is 3.11. The third-order valence-electron chi connectivity index (χ3n) is 4.44. The van der Waals surface area contributed by atoms with Gasteiger partial charge in [-0.15, -0.1) is 0 Å². The highest BCUT2D eigenvalue weighted by Crippen LogP contribution is 2.27. The Balaban J connectivity index is 1.68. The Morgan fingerprint density at radius 1 is 1.04 bits per heavy atom. The minimum absolute atomic E-state index is 0.0235. The highest BCUT2D eigenvalue weighted by atomic mass is 16.2. The molecule has 2 heterocycles. The summed E-state index contributed by atoms with van der Waals surface area (Å²) in [7, 11) is 3.43. The number of carbonyl (C=O) groups is 2. The molecule has 5 nitrogen and oxygen atoms in total. The molecule has 1 aliphatic heterocycles. The summed E-state index contributed by atoms with van der Waals surface area (Å²) in [6.45, 7) is 1.48. The lowest BCUT2D eigenvalue weighted by Crippen LogP contribution is -2.28. The van der Waals surface area contributed by atoms with E-state index in [-0.39, 0.29) is 11.8 Å². The molecule has 0 saturated carbocycles. The second-order valence-electron chi connectivity index (χ2n) is 6.29. The van der Waals surface area contributed by atoms with Crippen molar-refractivity contribution in [3.8, 4) is 0 Å². The number of amides is 2. The molecule has 2 amide bonds. The summed E-state index contributed by atoms with van der Waals surface area (Å²) in [5.41, 5.74) is 2.44. The Bertz CT molecular complexity index is 726. The van der Waals surface area contributed by atoms with Crippen LogP contribution in [0.1, 0.15) is 38.6 Å². The molecule has 0 spiro atoms. The SMILES string of the molecule is CN(C)C(=O)c1ccc(C(=O)N2CCC(c3ccncc3)C2)cc1. The zero-order chi connectivity index (χ0) is 17.1. The summed E-state index contributed by atoms with van der Waals surface area (Å²) in [4.78, 5) is 32.0. The number of benzene rings is 1. The Morgan fingerprint density at radius 3 is 2.29 bits per heavy atom. The van der Waals surface area contributed by atoms with Crippen molar-refractivity contribution >= 4 is 11.8 Å². The van der Waals surface area contributed by atoms with Crippen molar-refractivity contribution in [1.82, 2.24) is 14.8 Å². The number of carbonyl (C=O) groups excluding carboxylic acids is 2. The van der Waals surface area contributed by atoms with Gasteiger partial charge in [-0.2, -0.15) is 0 Å². The highest BCUT2D eigenvalue weighted by Gasteiger charge is 2.28. The first-order chi connectivity index (χ1) is 11.6. The van der Waals surface area contributed by atoms with Gasteiger partial charge in [0.2, 0.25) is 0 Å². The van der Waals surface area contributed by atoms with Crippen LogP contribution in [0.15, 0.2) is 48.8 Å². The maximum absolute atomic E-state index is 12.7. The monoisotopic (exact) mass is 323 g/mol. The van der Waals surface area contributed by atoms with E-state index in [0.29, 0.717) is 17.0 Å². The fourth-order valence-corrected chi connectivity index (χ4v) is 3.05. The van der Waals surface area contributed by atoms with E-state index >= 15 is 0 Å². The molecule has 0 aliphatic carbocycles. The second-order valence-corrected chi connectivity index (χ2v) is 6.29. The van der Waals surface area contributed by atoms with Crippen molar-refractivity contribution in [2.75, 3.05) is 27.2 Å². The molecule has 1 aromatic carbocycles. The molecule has 0 radical (unpaired) electrons. The van der Waals surface area contributed by atoms with Crippen LogP contribution in [-0.4, -0.2) is 53.8 Å². The smallest absolute Gasteiger partial charge is 0.253 e. The van der Waals surface area contributed by atoms with E-state index in [0.717, 1.165) is 19.5 Å². The Hall–Kier alpha value is -2.69. The first-order valence-electron chi connectivity index (χ1n) is 8.07. The van der Waals surface area contributed by atoms with Gasteiger partial charge in [-0.25, -0.2) is 0 Å². The maximum atomic E-state index is 12.7. The number of aromatic nitrogens is 1. The van der Waals surface area contributed by atoms with Crippen LogP contribution >= 0.6 is 0 Å². The Morgan fingerprint density at radius 2 is 1.67 bits per heavy atom. The molecule has 2 aromatic rings. The van der Waals surface area contributed by atoms with Gasteiger partial charge in [0.25, 0.3) is 11.8 Å². The Kier molecular flexibility index (Phi) is 4.60. The molecule has 3 rings (SSSR count). The van der Waals surface area contributed by atoms with Crippen LogP contribution in [0, 0.1) is 0 Å². The van der Waals surface area contributed by atoms with Crippen molar-refractivity contribution in [3.05, 3.63) is 65.5 Å². The molecule has 5 heteroatoms. The highest BCUT2D eigenvalue weighted by molar-refractivity contribution is 5.97. The van der Waals surface area contributed by atoms with Crippen LogP contribution in [0.25, 0.3) is 0 Å². The molecule has 0 bridgehead atoms. The van der Waals surface area contributed by atoms with Crippen molar-refractivity contribution < 1.29 is 9.59 Å². The van der Waals surface area contributed by atoms with Gasteiger partial charge in [0.05, 0.1) is 0 Å². The zero-order valence-corrected chi connectivity index (χ0v) is 14.0. The number of likely N-dealkylation sites (tertiary alicyclic amines) is 1. The average molecular weight is 323 g/mol. The maximum Gasteiger partial charge on any atom is 0.253 e. The molecule has 1 atom stereocenters. The van der Waals surface area contributed by atoms with E-state index < -0.39 is 0 Å². The van der Waals surface area contributed by atoms with Crippen molar-refractivity contribution in [2.45, 2.75) is 12.3 Å². The third kappa shape index (κ3) is 3.30. The minimum atomic E-state index is -0.0621. The summed E-state index contributed by atoms with van der Waals surface area (Å²) in [5, 5.41) is 0. The predicted octanol–water partition coefficient (Wildman–Crippen LogP) is 2.41. The molecule has 1 aromatic heterocycles. The lowest BCUT2D eigenvalue weighted by atomic mass is 10.00. The van der Waals surface area contributed by atoms with Crippen molar-refractivity contribution in [2.24, 2.45) is 0 Å². The summed E-state index contributed by atoms with van der Waals surface area (Å²) in [5.74, 6) is 0.329. The van der Waals surface area contributed by atoms with Crippen LogP contribution in [0.4, 0.5) is 0 Å². The van der Waals surface area contributed by atoms with Crippen LogP contribution < -0.4 is 0 Å². The van der Waals surface area contributed by atoms with Gasteiger partial charge in [0, 0.05) is 56.6 Å². The Labute approximate surface area is 141 Å². The predicted molar refractivity (Wildman–Crippen MR) is 92.0 cm³/mol. The van der Waals surface area contributed by atoms with E-state index in [4.69, 9.17) is 0 Å². The summed E-state index contributed by atoms with van der Waals surface area (Å²) in [6, 6.07) is 10.9. The van der Waals surface area contributed by atoms with Gasteiger partial charge >= 0.3 is 0 Å². The van der Waals surface area contributed by atoms with Gasteiger partial charge in [-0.1, -0.05) is 0 Å². The fourth-order valence-electron chi connectivity index (χ4n) is 3.05. The quantitative estimate of drug-likeness (QED) is 0.871. The van der Waals surface area contributed by atoms with Crippen LogP contribution in [0.3, 0.4) is 0 Å². The standard InChI is InChI=1S/C19H21N3O2/c1-21(2)18(23)15-3-5-16(6-4-15)19(24)22-12-9-17(13-22)14-7-10-20-11-8-14/h3-8,10-11,17H,9,12-13H2,1-2H3. The number of rotatable bonds is 3. The normalized spacial score (nSPS) is 16.9. The van der Waals surface area contributed by atoms with Gasteiger partial charge in [0.15, 0.2) is 0 Å². The lowest BCUT2D eigenvalue weighted by molar-refractivity contribution is 0.0787. The van der Waals surface area contributed by atoms with E-state index in [1.165, 1.54) is 10.5 Å². The van der Waals surface area contributed by atoms with Crippen LogP contribution in [-0.2, 0) is 0 Å². The summed E-state index contributed by atoms with van der Waals surface area (Å²) < 4.78 is 0. The molecule has 1 saturated heterocycles. The van der Waals surface area contributed by atoms with Crippen molar-refractivity contribution in [1.29, 1.82) is 0 Å². The first-order valence-corrected chi connectivity index (χ1v) is 8.07. The third-order valence-corrected chi connectivity index (χ3v) is 4.44. The molecule has 1 aliphatic rings. The molecule has 124 valence electrons. The lowest BCUT2D eigenvalue weighted by Gasteiger charge is -2.17. The van der Waals surface area contributed by atoms with E-state index in [1.807, 2.05) is 17.0 Å². The van der Waals surface area contributed by atoms with E-state index in [9.17, 15) is 9.59 Å². The molecular formula is C19H21N3O2. The molecule has 0 N–H and O–H groups in total. The molecule has 1 fully saturated rings. The van der Waals surface area contributed by atoms with Gasteiger partial charge in [0.1, 0.15) is 0 Å². The minimum Gasteiger partial charge on any atom is -0.345 e. The number of hydrogen-bond donors (Lipinski definition) is 0. The van der Waals surface area contributed by atoms with Crippen molar-refractivity contribution in [3.63, 3.8) is 0 Å². The second kappa shape index (κ2) is 6.83. The summed E-state index contributed by atoms with van der Waals surface area (Å²) >= 11 is 0. The summed E-state index contributed by atoms with van der Waals surface area (Å²) in [6.07, 6.45) is 4.55. The van der Waals surface area contributed by atoms with Gasteiger partial charge in [-0.3, -0.25) is 14.6 Å². The zero-order valence-electron chi connectivity index (χ0n) is 14.0. The first kappa shape index (κ1) is 16.2. The molecule has 24 heavy (non-hydrogen) atoms. The number of pyridine rings is 1. The fraction of sp³-hybridized carbons (Fsp3) is 0.316. The topological polar surface area (TPSA) is 53.5 Å². The number of nitrogens with zero attached hydrogens (tertiary/aromatic N) is 3. The number of hydrogen-bond acceptors (Lipinski definition) is 3. The van der Waals surface area contributed by atoms with E-state index in [2.05, 4.69) is 4.98 Å². The largest absolute Gasteiger partial charge is 0.345 e. The van der Waals surface area contributed by atoms with Crippen LogP contribution in [0.5, 0.6) is 0 Å².